The second kappa shape index (κ2) is 4.18. The summed E-state index contributed by atoms with van der Waals surface area (Å²) in [6.45, 7) is -0.126. The number of carbonyl (C=O) groups is 3. The summed E-state index contributed by atoms with van der Waals surface area (Å²) in [5, 5.41) is 8.90. The van der Waals surface area contributed by atoms with Crippen molar-refractivity contribution in [3.8, 4) is 0 Å². The molecule has 0 fully saturated rings. The Labute approximate surface area is 102 Å². The molecule has 0 spiro atoms. The molecule has 0 radical (unpaired) electrons. The van der Waals surface area contributed by atoms with E-state index in [4.69, 9.17) is 16.7 Å². The van der Waals surface area contributed by atoms with Gasteiger partial charge in [-0.25, -0.2) is 0 Å². The fourth-order valence-electron chi connectivity index (χ4n) is 1.67. The fourth-order valence-corrected chi connectivity index (χ4v) is 1.85. The highest BCUT2D eigenvalue weighted by Gasteiger charge is 2.35. The predicted molar refractivity (Wildman–Crippen MR) is 59.1 cm³/mol. The van der Waals surface area contributed by atoms with Gasteiger partial charge in [-0.05, 0) is 18.2 Å². The van der Waals surface area contributed by atoms with Gasteiger partial charge in [-0.2, -0.15) is 0 Å². The predicted octanol–water partition coefficient (Wildman–Crippen LogP) is 1.41. The molecule has 0 saturated heterocycles. The van der Waals surface area contributed by atoms with E-state index in [-0.39, 0.29) is 24.1 Å². The Morgan fingerprint density at radius 3 is 2.53 bits per heavy atom. The van der Waals surface area contributed by atoms with Gasteiger partial charge in [-0.3, -0.25) is 19.3 Å². The Kier molecular flexibility index (Phi) is 2.85. The monoisotopic (exact) mass is 253 g/mol. The summed E-state index contributed by atoms with van der Waals surface area (Å²) in [4.78, 5) is 35.0. The number of hydrogen-bond acceptors (Lipinski definition) is 3. The number of amides is 2. The molecule has 0 bridgehead atoms. The van der Waals surface area contributed by atoms with Crippen molar-refractivity contribution in [3.05, 3.63) is 34.3 Å². The highest BCUT2D eigenvalue weighted by molar-refractivity contribution is 6.32. The molecule has 0 atom stereocenters. The zero-order valence-corrected chi connectivity index (χ0v) is 9.40. The van der Waals surface area contributed by atoms with Crippen LogP contribution in [0.25, 0.3) is 0 Å². The third-order valence-electron chi connectivity index (χ3n) is 2.48. The first-order valence-electron chi connectivity index (χ1n) is 4.88. The SMILES string of the molecule is O=C(O)CCN1C(=O)c2ccc(Cl)cc2C1=O. The maximum Gasteiger partial charge on any atom is 0.305 e. The van der Waals surface area contributed by atoms with Gasteiger partial charge in [0.25, 0.3) is 11.8 Å². The summed E-state index contributed by atoms with van der Waals surface area (Å²) in [5.41, 5.74) is 0.498. The van der Waals surface area contributed by atoms with Crippen LogP contribution in [0.4, 0.5) is 0 Å². The van der Waals surface area contributed by atoms with Crippen LogP contribution in [0.3, 0.4) is 0 Å². The lowest BCUT2D eigenvalue weighted by Crippen LogP contribution is -2.31. The number of imide groups is 1. The summed E-state index contributed by atoms with van der Waals surface area (Å²) in [7, 11) is 0. The smallest absolute Gasteiger partial charge is 0.305 e. The number of carboxylic acids is 1. The van der Waals surface area contributed by atoms with Gasteiger partial charge in [0.05, 0.1) is 17.5 Å². The van der Waals surface area contributed by atoms with Crippen LogP contribution in [-0.4, -0.2) is 34.3 Å². The maximum atomic E-state index is 11.8. The number of aliphatic carboxylic acids is 1. The minimum atomic E-state index is -1.06. The topological polar surface area (TPSA) is 74.7 Å². The van der Waals surface area contributed by atoms with E-state index in [9.17, 15) is 14.4 Å². The van der Waals surface area contributed by atoms with E-state index < -0.39 is 17.8 Å². The Balaban J connectivity index is 2.29. The highest BCUT2D eigenvalue weighted by atomic mass is 35.5. The first-order chi connectivity index (χ1) is 8.00. The average molecular weight is 254 g/mol. The standard InChI is InChI=1S/C11H8ClNO4/c12-6-1-2-7-8(5-6)11(17)13(10(7)16)4-3-9(14)15/h1-2,5H,3-4H2,(H,14,15). The molecule has 0 unspecified atom stereocenters. The van der Waals surface area contributed by atoms with Crippen molar-refractivity contribution >= 4 is 29.4 Å². The van der Waals surface area contributed by atoms with Crippen LogP contribution in [0.15, 0.2) is 18.2 Å². The molecule has 2 rings (SSSR count). The first-order valence-corrected chi connectivity index (χ1v) is 5.26. The molecule has 1 aromatic carbocycles. The van der Waals surface area contributed by atoms with Crippen LogP contribution in [0.1, 0.15) is 27.1 Å². The van der Waals surface area contributed by atoms with Gasteiger partial charge in [-0.1, -0.05) is 11.6 Å². The molecular weight excluding hydrogens is 246 g/mol. The van der Waals surface area contributed by atoms with Crippen molar-refractivity contribution < 1.29 is 19.5 Å². The van der Waals surface area contributed by atoms with E-state index in [0.717, 1.165) is 4.90 Å². The van der Waals surface area contributed by atoms with Crippen molar-refractivity contribution in [1.29, 1.82) is 0 Å². The second-order valence-corrected chi connectivity index (χ2v) is 4.03. The van der Waals surface area contributed by atoms with E-state index in [1.807, 2.05) is 0 Å². The molecule has 0 saturated carbocycles. The van der Waals surface area contributed by atoms with Crippen molar-refractivity contribution in [3.63, 3.8) is 0 Å². The molecule has 88 valence electrons. The van der Waals surface area contributed by atoms with Gasteiger partial charge in [0.15, 0.2) is 0 Å². The number of carbonyl (C=O) groups excluding carboxylic acids is 2. The Hall–Kier alpha value is -1.88. The lowest BCUT2D eigenvalue weighted by molar-refractivity contribution is -0.137. The summed E-state index contributed by atoms with van der Waals surface area (Å²) in [6, 6.07) is 4.41. The average Bonchev–Trinajstić information content (AvgIpc) is 2.49. The number of benzene rings is 1. The maximum absolute atomic E-state index is 11.8. The van der Waals surface area contributed by atoms with Crippen molar-refractivity contribution in [2.24, 2.45) is 0 Å². The van der Waals surface area contributed by atoms with Gasteiger partial charge < -0.3 is 5.11 Å². The molecule has 1 aliphatic heterocycles. The van der Waals surface area contributed by atoms with E-state index >= 15 is 0 Å². The fraction of sp³-hybridized carbons (Fsp3) is 0.182. The number of halogens is 1. The van der Waals surface area contributed by atoms with Crippen molar-refractivity contribution in [2.45, 2.75) is 6.42 Å². The molecule has 1 heterocycles. The van der Waals surface area contributed by atoms with Gasteiger partial charge in [0, 0.05) is 11.6 Å². The molecule has 2 amide bonds. The van der Waals surface area contributed by atoms with Gasteiger partial charge in [0.1, 0.15) is 0 Å². The number of nitrogens with zero attached hydrogens (tertiary/aromatic N) is 1. The molecule has 1 aliphatic rings. The molecule has 1 aromatic rings. The molecule has 1 N–H and O–H groups in total. The molecule has 0 aromatic heterocycles. The van der Waals surface area contributed by atoms with E-state index in [0.29, 0.717) is 5.02 Å². The zero-order valence-electron chi connectivity index (χ0n) is 8.64. The Morgan fingerprint density at radius 1 is 1.24 bits per heavy atom. The summed E-state index contributed by atoms with van der Waals surface area (Å²) < 4.78 is 0. The Morgan fingerprint density at radius 2 is 1.88 bits per heavy atom. The van der Waals surface area contributed by atoms with Crippen molar-refractivity contribution in [1.82, 2.24) is 4.90 Å². The number of rotatable bonds is 3. The molecule has 6 heteroatoms. The molecular formula is C11H8ClNO4. The van der Waals surface area contributed by atoms with Gasteiger partial charge in [-0.15, -0.1) is 0 Å². The van der Waals surface area contributed by atoms with Crippen LogP contribution < -0.4 is 0 Å². The molecule has 17 heavy (non-hydrogen) atoms. The minimum absolute atomic E-state index is 0.126. The van der Waals surface area contributed by atoms with E-state index in [2.05, 4.69) is 0 Å². The minimum Gasteiger partial charge on any atom is -0.481 e. The Bertz CT molecular complexity index is 526. The van der Waals surface area contributed by atoms with Crippen LogP contribution in [0.2, 0.25) is 5.02 Å². The third kappa shape index (κ3) is 2.01. The zero-order chi connectivity index (χ0) is 12.6. The first kappa shape index (κ1) is 11.6. The third-order valence-corrected chi connectivity index (χ3v) is 2.72. The van der Waals surface area contributed by atoms with Gasteiger partial charge in [0.2, 0.25) is 0 Å². The number of hydrogen-bond donors (Lipinski definition) is 1. The van der Waals surface area contributed by atoms with Crippen LogP contribution in [0.5, 0.6) is 0 Å². The summed E-state index contributed by atoms with van der Waals surface area (Å²) in [5.74, 6) is -2.02. The van der Waals surface area contributed by atoms with E-state index in [1.165, 1.54) is 18.2 Å². The van der Waals surface area contributed by atoms with Crippen LogP contribution >= 0.6 is 11.6 Å². The quantitative estimate of drug-likeness (QED) is 0.827. The van der Waals surface area contributed by atoms with Crippen LogP contribution in [0, 0.1) is 0 Å². The lowest BCUT2D eigenvalue weighted by atomic mass is 10.1. The normalized spacial score (nSPS) is 14.1. The largest absolute Gasteiger partial charge is 0.481 e. The lowest BCUT2D eigenvalue weighted by Gasteiger charge is -2.11. The van der Waals surface area contributed by atoms with Gasteiger partial charge >= 0.3 is 5.97 Å². The highest BCUT2D eigenvalue weighted by Crippen LogP contribution is 2.25. The van der Waals surface area contributed by atoms with E-state index in [1.54, 1.807) is 0 Å². The van der Waals surface area contributed by atoms with Crippen molar-refractivity contribution in [2.75, 3.05) is 6.54 Å². The number of carboxylic acid groups (broad SMARTS) is 1. The molecule has 5 nitrogen and oxygen atoms in total. The summed E-state index contributed by atoms with van der Waals surface area (Å²) in [6.07, 6.45) is -0.265. The summed E-state index contributed by atoms with van der Waals surface area (Å²) >= 11 is 5.74. The second-order valence-electron chi connectivity index (χ2n) is 3.60. The van der Waals surface area contributed by atoms with Crippen LogP contribution in [-0.2, 0) is 4.79 Å². The number of fused-ring (bicyclic) bond motifs is 1. The molecule has 0 aliphatic carbocycles.